The number of rotatable bonds is 5. The van der Waals surface area contributed by atoms with Crippen LogP contribution in [0.2, 0.25) is 0 Å². The summed E-state index contributed by atoms with van der Waals surface area (Å²) in [4.78, 5) is 17.0. The molecule has 0 radical (unpaired) electrons. The molecule has 7 nitrogen and oxygen atoms in total. The number of allylic oxidation sites excluding steroid dienone is 1. The molecule has 0 saturated carbocycles. The molecule has 2 aliphatic rings. The molecule has 142 valence electrons. The number of hydrogen-bond acceptors (Lipinski definition) is 5. The van der Waals surface area contributed by atoms with E-state index in [-0.39, 0.29) is 0 Å². The van der Waals surface area contributed by atoms with Gasteiger partial charge in [0.2, 0.25) is 0 Å². The quantitative estimate of drug-likeness (QED) is 0.627. The number of benzene rings is 1. The van der Waals surface area contributed by atoms with Crippen LogP contribution < -0.4 is 10.2 Å². The van der Waals surface area contributed by atoms with Gasteiger partial charge in [0.15, 0.2) is 11.7 Å². The van der Waals surface area contributed by atoms with Gasteiger partial charge in [-0.05, 0) is 31.2 Å². The maximum atomic E-state index is 5.31. The third-order valence-electron chi connectivity index (χ3n) is 4.96. The third kappa shape index (κ3) is 4.20. The summed E-state index contributed by atoms with van der Waals surface area (Å²) in [6, 6.07) is 9.00. The first kappa shape index (κ1) is 17.8. The fourth-order valence-electron chi connectivity index (χ4n) is 3.38. The second-order valence-electron chi connectivity index (χ2n) is 7.03. The van der Waals surface area contributed by atoms with E-state index in [4.69, 9.17) is 9.73 Å². The number of amidine groups is 1. The van der Waals surface area contributed by atoms with E-state index in [0.717, 1.165) is 50.8 Å². The number of imidazole rings is 1. The average Bonchev–Trinajstić information content (AvgIpc) is 3.15. The summed E-state index contributed by atoms with van der Waals surface area (Å²) in [5.41, 5.74) is 2.94. The van der Waals surface area contributed by atoms with Crippen molar-refractivity contribution in [2.24, 2.45) is 4.99 Å². The van der Waals surface area contributed by atoms with Crippen molar-refractivity contribution in [1.29, 1.82) is 0 Å². The van der Waals surface area contributed by atoms with E-state index in [2.05, 4.69) is 43.8 Å². The monoisotopic (exact) mass is 366 g/mol. The van der Waals surface area contributed by atoms with Crippen LogP contribution in [0, 0.1) is 0 Å². The highest BCUT2D eigenvalue weighted by molar-refractivity contribution is 5.98. The molecule has 2 aromatic rings. The number of nitrogens with zero attached hydrogens (tertiary/aromatic N) is 4. The van der Waals surface area contributed by atoms with Gasteiger partial charge in [-0.25, -0.2) is 9.98 Å². The number of H-pyrrole nitrogens is 1. The summed E-state index contributed by atoms with van der Waals surface area (Å²) in [5, 5.41) is 3.17. The molecule has 0 unspecified atom stereocenters. The molecule has 2 fully saturated rings. The molecule has 7 heteroatoms. The lowest BCUT2D eigenvalue weighted by molar-refractivity contribution is -0.0660. The smallest absolute Gasteiger partial charge is 0.174 e. The van der Waals surface area contributed by atoms with E-state index < -0.39 is 0 Å². The first-order valence-corrected chi connectivity index (χ1v) is 9.37. The molecule has 1 aromatic heterocycles. The van der Waals surface area contributed by atoms with Gasteiger partial charge in [0.05, 0.1) is 24.9 Å². The van der Waals surface area contributed by atoms with Crippen molar-refractivity contribution < 1.29 is 4.74 Å². The molecule has 0 bridgehead atoms. The van der Waals surface area contributed by atoms with Gasteiger partial charge in [-0.1, -0.05) is 6.58 Å². The maximum Gasteiger partial charge on any atom is 0.174 e. The van der Waals surface area contributed by atoms with Crippen LogP contribution in [0.4, 0.5) is 11.4 Å². The zero-order chi connectivity index (χ0) is 18.6. The Bertz CT molecular complexity index is 786. The van der Waals surface area contributed by atoms with E-state index in [0.29, 0.717) is 17.7 Å². The summed E-state index contributed by atoms with van der Waals surface area (Å²) in [6.07, 6.45) is 3.49. The van der Waals surface area contributed by atoms with Crippen LogP contribution in [0.5, 0.6) is 0 Å². The summed E-state index contributed by atoms with van der Waals surface area (Å²) in [7, 11) is 0. The molecular weight excluding hydrogens is 340 g/mol. The van der Waals surface area contributed by atoms with Crippen LogP contribution >= 0.6 is 0 Å². The molecule has 3 heterocycles. The molecule has 2 aliphatic heterocycles. The fourth-order valence-corrected chi connectivity index (χ4v) is 3.38. The molecule has 2 saturated heterocycles. The molecule has 0 atom stereocenters. The van der Waals surface area contributed by atoms with E-state index in [1.54, 1.807) is 12.4 Å². The van der Waals surface area contributed by atoms with Crippen LogP contribution in [0.15, 0.2) is 53.9 Å². The van der Waals surface area contributed by atoms with Crippen LogP contribution in [-0.2, 0) is 4.74 Å². The van der Waals surface area contributed by atoms with Gasteiger partial charge < -0.3 is 19.9 Å². The molecule has 1 aromatic carbocycles. The number of ether oxygens (including phenoxy) is 1. The topological polar surface area (TPSA) is 68.8 Å². The lowest BCUT2D eigenvalue weighted by atomic mass is 10.1. The number of aliphatic imine (C=N–C) groups is 1. The van der Waals surface area contributed by atoms with Crippen molar-refractivity contribution in [3.05, 3.63) is 54.8 Å². The Morgan fingerprint density at radius 3 is 2.52 bits per heavy atom. The van der Waals surface area contributed by atoms with Crippen molar-refractivity contribution in [2.75, 3.05) is 44.3 Å². The minimum absolute atomic E-state index is 0.629. The van der Waals surface area contributed by atoms with Gasteiger partial charge in [-0.2, -0.15) is 0 Å². The minimum Gasteiger partial charge on any atom is -0.378 e. The fraction of sp³-hybridized carbons (Fsp3) is 0.400. The second kappa shape index (κ2) is 7.94. The van der Waals surface area contributed by atoms with Crippen molar-refractivity contribution in [1.82, 2.24) is 20.2 Å². The average molecular weight is 366 g/mol. The number of aromatic nitrogens is 2. The Morgan fingerprint density at radius 2 is 1.96 bits per heavy atom. The van der Waals surface area contributed by atoms with Gasteiger partial charge in [0, 0.05) is 50.0 Å². The molecule has 0 amide bonds. The van der Waals surface area contributed by atoms with Gasteiger partial charge in [-0.15, -0.1) is 0 Å². The zero-order valence-electron chi connectivity index (χ0n) is 15.7. The third-order valence-corrected chi connectivity index (χ3v) is 4.96. The van der Waals surface area contributed by atoms with E-state index >= 15 is 0 Å². The molecule has 2 N–H and O–H groups in total. The SMILES string of the molecule is C=C(C)NC(=Nc1ccc(N2CCN(C3COC3)CC2)cc1)c1ncc[nH]1. The van der Waals surface area contributed by atoms with Crippen molar-refractivity contribution >= 4 is 17.2 Å². The van der Waals surface area contributed by atoms with Crippen molar-refractivity contribution in [2.45, 2.75) is 13.0 Å². The zero-order valence-corrected chi connectivity index (χ0v) is 15.7. The van der Waals surface area contributed by atoms with Gasteiger partial charge in [0.1, 0.15) is 0 Å². The normalized spacial score (nSPS) is 19.0. The van der Waals surface area contributed by atoms with Gasteiger partial charge >= 0.3 is 0 Å². The summed E-state index contributed by atoms with van der Waals surface area (Å²) in [5.74, 6) is 1.36. The Morgan fingerprint density at radius 1 is 1.22 bits per heavy atom. The number of hydrogen-bond donors (Lipinski definition) is 2. The molecule has 4 rings (SSSR count). The summed E-state index contributed by atoms with van der Waals surface area (Å²) in [6.45, 7) is 11.9. The highest BCUT2D eigenvalue weighted by Gasteiger charge is 2.28. The number of anilines is 1. The standard InChI is InChI=1S/C20H26N6O/c1-15(2)23-20(19-21-7-8-22-19)24-16-3-5-17(6-4-16)25-9-11-26(12-10-25)18-13-27-14-18/h3-8,18H,1,9-14H2,2H3,(H,21,22)(H,23,24). The maximum absolute atomic E-state index is 5.31. The Labute approximate surface area is 159 Å². The van der Waals surface area contributed by atoms with Crippen LogP contribution in [0.1, 0.15) is 12.7 Å². The number of aromatic amines is 1. The lowest BCUT2D eigenvalue weighted by Crippen LogP contribution is -2.56. The van der Waals surface area contributed by atoms with E-state index in [9.17, 15) is 0 Å². The largest absolute Gasteiger partial charge is 0.378 e. The first-order chi connectivity index (χ1) is 13.2. The number of piperazine rings is 1. The van der Waals surface area contributed by atoms with Crippen molar-refractivity contribution in [3.63, 3.8) is 0 Å². The molecule has 27 heavy (non-hydrogen) atoms. The van der Waals surface area contributed by atoms with Gasteiger partial charge in [0.25, 0.3) is 0 Å². The molecular formula is C20H26N6O. The highest BCUT2D eigenvalue weighted by atomic mass is 16.5. The first-order valence-electron chi connectivity index (χ1n) is 9.37. The van der Waals surface area contributed by atoms with Crippen LogP contribution in [0.25, 0.3) is 0 Å². The van der Waals surface area contributed by atoms with Crippen LogP contribution in [0.3, 0.4) is 0 Å². The number of nitrogens with one attached hydrogen (secondary N) is 2. The lowest BCUT2D eigenvalue weighted by Gasteiger charge is -2.43. The van der Waals surface area contributed by atoms with E-state index in [1.165, 1.54) is 5.69 Å². The van der Waals surface area contributed by atoms with Crippen LogP contribution in [-0.4, -0.2) is 66.1 Å². The summed E-state index contributed by atoms with van der Waals surface area (Å²) >= 11 is 0. The second-order valence-corrected chi connectivity index (χ2v) is 7.03. The van der Waals surface area contributed by atoms with Crippen molar-refractivity contribution in [3.8, 4) is 0 Å². The summed E-state index contributed by atoms with van der Waals surface area (Å²) < 4.78 is 5.31. The highest BCUT2D eigenvalue weighted by Crippen LogP contribution is 2.23. The Kier molecular flexibility index (Phi) is 5.22. The Hall–Kier alpha value is -2.64. The molecule has 0 spiro atoms. The van der Waals surface area contributed by atoms with Gasteiger partial charge in [-0.3, -0.25) is 4.90 Å². The Balaban J connectivity index is 1.43. The predicted octanol–water partition coefficient (Wildman–Crippen LogP) is 2.13. The van der Waals surface area contributed by atoms with E-state index in [1.807, 2.05) is 19.1 Å². The minimum atomic E-state index is 0.629. The molecule has 0 aliphatic carbocycles. The predicted molar refractivity (Wildman–Crippen MR) is 108 cm³/mol.